The van der Waals surface area contributed by atoms with Crippen LogP contribution in [0.5, 0.6) is 11.5 Å². The van der Waals surface area contributed by atoms with E-state index in [4.69, 9.17) is 14.2 Å². The van der Waals surface area contributed by atoms with E-state index in [1.54, 1.807) is 21.1 Å². The number of methoxy groups -OCH3 is 2. The van der Waals surface area contributed by atoms with Crippen molar-refractivity contribution in [1.82, 2.24) is 9.80 Å². The van der Waals surface area contributed by atoms with Gasteiger partial charge in [0.05, 0.1) is 32.7 Å². The number of hydrogen-bond acceptors (Lipinski definition) is 6. The summed E-state index contributed by atoms with van der Waals surface area (Å²) < 4.78 is 16.1. The van der Waals surface area contributed by atoms with Crippen LogP contribution in [0.25, 0.3) is 0 Å². The Kier molecular flexibility index (Phi) is 8.75. The standard InChI is InChI=1S/C28H40N2O6/c1-4-36-28(33)21-10-7-13-29(16-21)27(32)23-14-22(20-11-12-24(34-2)25(15-20)35-3)17-30(18-23)26(31)19-8-5-6-9-19/h11-12,15,19,21-23H,4-10,13-14,16-18H2,1-3H3. The zero-order chi connectivity index (χ0) is 25.7. The summed E-state index contributed by atoms with van der Waals surface area (Å²) in [4.78, 5) is 43.3. The van der Waals surface area contributed by atoms with E-state index in [1.165, 1.54) is 0 Å². The Morgan fingerprint density at radius 1 is 0.833 bits per heavy atom. The lowest BCUT2D eigenvalue weighted by atomic mass is 9.82. The Bertz CT molecular complexity index is 944. The van der Waals surface area contributed by atoms with Gasteiger partial charge in [-0.05, 0) is 56.7 Å². The number of nitrogens with zero attached hydrogens (tertiary/aromatic N) is 2. The van der Waals surface area contributed by atoms with Gasteiger partial charge in [-0.2, -0.15) is 0 Å². The molecule has 2 amide bonds. The van der Waals surface area contributed by atoms with Crippen LogP contribution in [0.1, 0.15) is 63.4 Å². The molecule has 3 aliphatic rings. The Hall–Kier alpha value is -2.77. The molecule has 1 saturated carbocycles. The van der Waals surface area contributed by atoms with Crippen LogP contribution in [-0.4, -0.2) is 74.6 Å². The summed E-state index contributed by atoms with van der Waals surface area (Å²) >= 11 is 0. The molecule has 2 heterocycles. The van der Waals surface area contributed by atoms with Gasteiger partial charge >= 0.3 is 5.97 Å². The van der Waals surface area contributed by atoms with E-state index in [1.807, 2.05) is 28.0 Å². The smallest absolute Gasteiger partial charge is 0.310 e. The fraction of sp³-hybridized carbons (Fsp3) is 0.679. The minimum Gasteiger partial charge on any atom is -0.493 e. The van der Waals surface area contributed by atoms with E-state index in [9.17, 15) is 14.4 Å². The van der Waals surface area contributed by atoms with Crippen molar-refractivity contribution in [3.63, 3.8) is 0 Å². The third kappa shape index (κ3) is 5.79. The average molecular weight is 501 g/mol. The summed E-state index contributed by atoms with van der Waals surface area (Å²) in [6.07, 6.45) is 6.23. The van der Waals surface area contributed by atoms with E-state index in [0.29, 0.717) is 50.7 Å². The molecular formula is C28H40N2O6. The molecule has 2 aliphatic heterocycles. The van der Waals surface area contributed by atoms with Crippen molar-refractivity contribution in [2.24, 2.45) is 17.8 Å². The molecule has 0 bridgehead atoms. The predicted octanol–water partition coefficient (Wildman–Crippen LogP) is 3.63. The van der Waals surface area contributed by atoms with Gasteiger partial charge in [0.15, 0.2) is 11.5 Å². The highest BCUT2D eigenvalue weighted by atomic mass is 16.5. The van der Waals surface area contributed by atoms with Crippen molar-refractivity contribution in [2.45, 2.75) is 57.8 Å². The number of carbonyl (C=O) groups excluding carboxylic acids is 3. The Morgan fingerprint density at radius 3 is 2.19 bits per heavy atom. The largest absolute Gasteiger partial charge is 0.493 e. The van der Waals surface area contributed by atoms with Crippen molar-refractivity contribution in [3.05, 3.63) is 23.8 Å². The van der Waals surface area contributed by atoms with E-state index in [0.717, 1.165) is 44.1 Å². The van der Waals surface area contributed by atoms with Crippen LogP contribution in [0.2, 0.25) is 0 Å². The summed E-state index contributed by atoms with van der Waals surface area (Å²) in [5.41, 5.74) is 1.04. The molecule has 4 rings (SSSR count). The van der Waals surface area contributed by atoms with E-state index in [2.05, 4.69) is 0 Å². The highest BCUT2D eigenvalue weighted by Gasteiger charge is 2.40. The highest BCUT2D eigenvalue weighted by molar-refractivity contribution is 5.83. The number of rotatable bonds is 7. The Morgan fingerprint density at radius 2 is 1.50 bits per heavy atom. The third-order valence-corrected chi connectivity index (χ3v) is 8.05. The second-order valence-corrected chi connectivity index (χ2v) is 10.3. The first-order valence-corrected chi connectivity index (χ1v) is 13.4. The maximum Gasteiger partial charge on any atom is 0.310 e. The fourth-order valence-electron chi connectivity index (χ4n) is 6.13. The molecule has 198 valence electrons. The number of amides is 2. The van der Waals surface area contributed by atoms with E-state index < -0.39 is 0 Å². The van der Waals surface area contributed by atoms with Crippen molar-refractivity contribution < 1.29 is 28.6 Å². The molecule has 8 nitrogen and oxygen atoms in total. The molecule has 0 radical (unpaired) electrons. The Labute approximate surface area is 214 Å². The van der Waals surface area contributed by atoms with Crippen LogP contribution < -0.4 is 9.47 Å². The minimum absolute atomic E-state index is 0.0171. The van der Waals surface area contributed by atoms with Gasteiger partial charge in [-0.15, -0.1) is 0 Å². The van der Waals surface area contributed by atoms with Crippen LogP contribution in [0.3, 0.4) is 0 Å². The SMILES string of the molecule is CCOC(=O)C1CCCN(C(=O)C2CC(c3ccc(OC)c(OC)c3)CN(C(=O)C3CCCC3)C2)C1. The molecule has 3 unspecified atom stereocenters. The molecule has 0 spiro atoms. The molecule has 36 heavy (non-hydrogen) atoms. The van der Waals surface area contributed by atoms with Gasteiger partial charge in [0.25, 0.3) is 0 Å². The first kappa shape index (κ1) is 26.3. The molecule has 0 N–H and O–H groups in total. The topological polar surface area (TPSA) is 85.4 Å². The summed E-state index contributed by atoms with van der Waals surface area (Å²) in [6.45, 7) is 4.22. The lowest BCUT2D eigenvalue weighted by molar-refractivity contribution is -0.152. The van der Waals surface area contributed by atoms with Crippen molar-refractivity contribution in [2.75, 3.05) is 47.0 Å². The zero-order valence-corrected chi connectivity index (χ0v) is 21.9. The van der Waals surface area contributed by atoms with Crippen molar-refractivity contribution in [1.29, 1.82) is 0 Å². The predicted molar refractivity (Wildman–Crippen MR) is 135 cm³/mol. The lowest BCUT2D eigenvalue weighted by Gasteiger charge is -2.41. The number of piperidine rings is 2. The van der Waals surface area contributed by atoms with Crippen LogP contribution in [0, 0.1) is 17.8 Å². The highest BCUT2D eigenvalue weighted by Crippen LogP contribution is 2.38. The summed E-state index contributed by atoms with van der Waals surface area (Å²) in [5.74, 6) is 0.799. The van der Waals surface area contributed by atoms with Crippen molar-refractivity contribution >= 4 is 17.8 Å². The fourth-order valence-corrected chi connectivity index (χ4v) is 6.13. The third-order valence-electron chi connectivity index (χ3n) is 8.05. The van der Waals surface area contributed by atoms with Gasteiger partial charge in [-0.25, -0.2) is 0 Å². The number of carbonyl (C=O) groups is 3. The molecule has 1 aromatic rings. The van der Waals surface area contributed by atoms with Gasteiger partial charge in [-0.3, -0.25) is 14.4 Å². The first-order valence-electron chi connectivity index (χ1n) is 13.4. The molecular weight excluding hydrogens is 460 g/mol. The summed E-state index contributed by atoms with van der Waals surface area (Å²) in [7, 11) is 3.22. The number of benzene rings is 1. The number of esters is 1. The van der Waals surface area contributed by atoms with Gasteiger partial charge in [0.1, 0.15) is 0 Å². The minimum atomic E-state index is -0.303. The monoisotopic (exact) mass is 500 g/mol. The maximum absolute atomic E-state index is 13.8. The van der Waals surface area contributed by atoms with E-state index in [-0.39, 0.29) is 41.5 Å². The Balaban J connectivity index is 1.55. The van der Waals surface area contributed by atoms with Gasteiger partial charge in [-0.1, -0.05) is 18.9 Å². The quantitative estimate of drug-likeness (QED) is 0.532. The molecule has 0 aromatic heterocycles. The molecule has 1 aromatic carbocycles. The van der Waals surface area contributed by atoms with Crippen LogP contribution in [0.4, 0.5) is 0 Å². The van der Waals surface area contributed by atoms with Crippen molar-refractivity contribution in [3.8, 4) is 11.5 Å². The van der Waals surface area contributed by atoms with Gasteiger partial charge in [0.2, 0.25) is 11.8 Å². The van der Waals surface area contributed by atoms with Crippen LogP contribution in [0.15, 0.2) is 18.2 Å². The number of hydrogen-bond donors (Lipinski definition) is 0. The first-order chi connectivity index (χ1) is 17.4. The number of likely N-dealkylation sites (tertiary alicyclic amines) is 2. The van der Waals surface area contributed by atoms with Crippen LogP contribution in [-0.2, 0) is 19.1 Å². The van der Waals surface area contributed by atoms with Crippen LogP contribution >= 0.6 is 0 Å². The summed E-state index contributed by atoms with van der Waals surface area (Å²) in [6, 6.07) is 5.86. The molecule has 2 saturated heterocycles. The molecule has 3 atom stereocenters. The average Bonchev–Trinajstić information content (AvgIpc) is 3.47. The second-order valence-electron chi connectivity index (χ2n) is 10.3. The molecule has 3 fully saturated rings. The second kappa shape index (κ2) is 12.0. The lowest BCUT2D eigenvalue weighted by Crippen LogP contribution is -2.52. The summed E-state index contributed by atoms with van der Waals surface area (Å²) in [5, 5.41) is 0. The molecule has 8 heteroatoms. The molecule has 1 aliphatic carbocycles. The van der Waals surface area contributed by atoms with E-state index >= 15 is 0 Å². The maximum atomic E-state index is 13.8. The normalized spacial score (nSPS) is 24.9. The van der Waals surface area contributed by atoms with Gasteiger partial charge < -0.3 is 24.0 Å². The number of ether oxygens (including phenoxy) is 3. The van der Waals surface area contributed by atoms with Gasteiger partial charge in [0, 0.05) is 38.0 Å². The zero-order valence-electron chi connectivity index (χ0n) is 21.9.